The Bertz CT molecular complexity index is 1060. The predicted molar refractivity (Wildman–Crippen MR) is 121 cm³/mol. The van der Waals surface area contributed by atoms with Crippen molar-refractivity contribution in [3.05, 3.63) is 102 Å². The molecule has 1 unspecified atom stereocenters. The topological polar surface area (TPSA) is 53.2 Å². The Morgan fingerprint density at radius 3 is 2.10 bits per heavy atom. The lowest BCUT2D eigenvalue weighted by atomic mass is 9.93. The van der Waals surface area contributed by atoms with Crippen LogP contribution in [0.4, 0.5) is 5.69 Å². The molecule has 1 aliphatic rings. The summed E-state index contributed by atoms with van der Waals surface area (Å²) in [5.41, 5.74) is 5.38. The smallest absolute Gasteiger partial charge is 0.255 e. The summed E-state index contributed by atoms with van der Waals surface area (Å²) in [5, 5.41) is 9.80. The molecule has 29 heavy (non-hydrogen) atoms. The van der Waals surface area contributed by atoms with E-state index in [4.69, 9.17) is 12.2 Å². The second-order valence-electron chi connectivity index (χ2n) is 6.88. The van der Waals surface area contributed by atoms with Gasteiger partial charge in [-0.1, -0.05) is 72.8 Å². The number of allylic oxidation sites excluding steroid dienone is 1. The molecule has 1 atom stereocenters. The molecule has 1 aliphatic heterocycles. The van der Waals surface area contributed by atoms with E-state index in [1.165, 1.54) is 0 Å². The highest BCUT2D eigenvalue weighted by Crippen LogP contribution is 2.29. The van der Waals surface area contributed by atoms with Gasteiger partial charge in [-0.15, -0.1) is 0 Å². The van der Waals surface area contributed by atoms with Gasteiger partial charge >= 0.3 is 0 Å². The van der Waals surface area contributed by atoms with Crippen LogP contribution in [0.5, 0.6) is 0 Å². The van der Waals surface area contributed by atoms with Gasteiger partial charge in [0.05, 0.1) is 11.6 Å². The number of carbonyl (C=O) groups is 1. The second-order valence-corrected chi connectivity index (χ2v) is 7.29. The van der Waals surface area contributed by atoms with E-state index >= 15 is 0 Å². The highest BCUT2D eigenvalue weighted by Gasteiger charge is 2.29. The molecule has 0 aliphatic carbocycles. The average Bonchev–Trinajstić information content (AvgIpc) is 2.74. The third-order valence-corrected chi connectivity index (χ3v) is 5.12. The maximum absolute atomic E-state index is 13.1. The molecule has 0 spiro atoms. The van der Waals surface area contributed by atoms with Gasteiger partial charge in [-0.25, -0.2) is 0 Å². The number of nitrogens with one attached hydrogen (secondary N) is 3. The zero-order valence-electron chi connectivity index (χ0n) is 16.0. The Balaban J connectivity index is 1.64. The Labute approximate surface area is 175 Å². The van der Waals surface area contributed by atoms with Crippen LogP contribution in [0, 0.1) is 0 Å². The number of benzene rings is 3. The first-order chi connectivity index (χ1) is 14.1. The summed E-state index contributed by atoms with van der Waals surface area (Å²) in [6.07, 6.45) is 0. The Morgan fingerprint density at radius 1 is 0.862 bits per heavy atom. The highest BCUT2D eigenvalue weighted by atomic mass is 32.1. The van der Waals surface area contributed by atoms with E-state index in [9.17, 15) is 4.79 Å². The van der Waals surface area contributed by atoms with Crippen molar-refractivity contribution in [1.29, 1.82) is 0 Å². The molecule has 0 saturated carbocycles. The van der Waals surface area contributed by atoms with Crippen molar-refractivity contribution in [1.82, 2.24) is 10.6 Å². The van der Waals surface area contributed by atoms with Gasteiger partial charge in [-0.3, -0.25) is 4.79 Å². The van der Waals surface area contributed by atoms with Gasteiger partial charge < -0.3 is 16.0 Å². The normalized spacial score (nSPS) is 16.0. The first-order valence-electron chi connectivity index (χ1n) is 9.42. The molecule has 5 heteroatoms. The van der Waals surface area contributed by atoms with Crippen LogP contribution in [0.2, 0.25) is 0 Å². The third-order valence-electron chi connectivity index (χ3n) is 4.90. The molecule has 0 aromatic heterocycles. The van der Waals surface area contributed by atoms with Crippen molar-refractivity contribution in [3.8, 4) is 11.1 Å². The van der Waals surface area contributed by atoms with Gasteiger partial charge in [-0.2, -0.15) is 0 Å². The molecule has 3 aromatic rings. The zero-order chi connectivity index (χ0) is 20.2. The number of anilines is 1. The summed E-state index contributed by atoms with van der Waals surface area (Å²) >= 11 is 5.34. The second kappa shape index (κ2) is 8.29. The molecule has 0 saturated heterocycles. The van der Waals surface area contributed by atoms with E-state index in [2.05, 4.69) is 40.2 Å². The van der Waals surface area contributed by atoms with Crippen LogP contribution in [-0.4, -0.2) is 11.0 Å². The van der Waals surface area contributed by atoms with Crippen LogP contribution < -0.4 is 16.0 Å². The van der Waals surface area contributed by atoms with Crippen LogP contribution in [0.25, 0.3) is 11.1 Å². The monoisotopic (exact) mass is 399 g/mol. The van der Waals surface area contributed by atoms with Gasteiger partial charge in [0.1, 0.15) is 0 Å². The first kappa shape index (κ1) is 18.9. The minimum atomic E-state index is -0.322. The molecular formula is C24H21N3OS. The summed E-state index contributed by atoms with van der Waals surface area (Å²) in [6.45, 7) is 1.87. The molecule has 0 radical (unpaired) electrons. The molecule has 144 valence electrons. The van der Waals surface area contributed by atoms with E-state index in [-0.39, 0.29) is 11.9 Å². The third kappa shape index (κ3) is 4.20. The summed E-state index contributed by atoms with van der Waals surface area (Å²) in [4.78, 5) is 13.1. The van der Waals surface area contributed by atoms with Crippen molar-refractivity contribution in [3.63, 3.8) is 0 Å². The summed E-state index contributed by atoms with van der Waals surface area (Å²) in [7, 11) is 0. The number of carbonyl (C=O) groups excluding carboxylic acids is 1. The summed E-state index contributed by atoms with van der Waals surface area (Å²) in [6, 6.07) is 27.5. The molecule has 4 nitrogen and oxygen atoms in total. The van der Waals surface area contributed by atoms with Crippen LogP contribution in [0.1, 0.15) is 18.5 Å². The molecule has 1 heterocycles. The average molecular weight is 400 g/mol. The van der Waals surface area contributed by atoms with Crippen molar-refractivity contribution in [2.45, 2.75) is 13.0 Å². The molecule has 4 rings (SSSR count). The maximum Gasteiger partial charge on any atom is 0.255 e. The summed E-state index contributed by atoms with van der Waals surface area (Å²) in [5.74, 6) is -0.159. The Morgan fingerprint density at radius 2 is 1.45 bits per heavy atom. The van der Waals surface area contributed by atoms with Crippen LogP contribution >= 0.6 is 12.2 Å². The van der Waals surface area contributed by atoms with Gasteiger partial charge in [0.15, 0.2) is 5.11 Å². The lowest BCUT2D eigenvalue weighted by molar-refractivity contribution is -0.113. The molecule has 0 bridgehead atoms. The molecular weight excluding hydrogens is 378 g/mol. The molecule has 3 aromatic carbocycles. The molecule has 3 N–H and O–H groups in total. The SMILES string of the molecule is CC1=C(C(=O)Nc2ccccc2)C(c2ccc(-c3ccccc3)cc2)NC(=S)N1. The lowest BCUT2D eigenvalue weighted by Gasteiger charge is -2.30. The number of amides is 1. The number of para-hydroxylation sites is 1. The number of hydrogen-bond donors (Lipinski definition) is 3. The minimum absolute atomic E-state index is 0.159. The molecule has 1 amide bonds. The van der Waals surface area contributed by atoms with Crippen molar-refractivity contribution in [2.75, 3.05) is 5.32 Å². The fourth-order valence-corrected chi connectivity index (χ4v) is 3.73. The van der Waals surface area contributed by atoms with E-state index in [1.807, 2.05) is 67.6 Å². The standard InChI is InChI=1S/C24H21N3OS/c1-16-21(23(28)26-20-10-6-3-7-11-20)22(27-24(29)25-16)19-14-12-18(13-15-19)17-8-4-2-5-9-17/h2-15,22H,1H3,(H,26,28)(H2,25,27,29). The molecule has 0 fully saturated rings. The first-order valence-corrected chi connectivity index (χ1v) is 9.83. The number of rotatable bonds is 4. The van der Waals surface area contributed by atoms with Gasteiger partial charge in [0.25, 0.3) is 5.91 Å². The fourth-order valence-electron chi connectivity index (χ4n) is 3.46. The van der Waals surface area contributed by atoms with Gasteiger partial charge in [0, 0.05) is 11.4 Å². The van der Waals surface area contributed by atoms with Crippen molar-refractivity contribution < 1.29 is 4.79 Å². The quantitative estimate of drug-likeness (QED) is 0.553. The maximum atomic E-state index is 13.1. The van der Waals surface area contributed by atoms with Crippen LogP contribution in [0.3, 0.4) is 0 Å². The van der Waals surface area contributed by atoms with Crippen molar-refractivity contribution in [2.24, 2.45) is 0 Å². The largest absolute Gasteiger partial charge is 0.351 e. The number of hydrogen-bond acceptors (Lipinski definition) is 2. The summed E-state index contributed by atoms with van der Waals surface area (Å²) < 4.78 is 0. The fraction of sp³-hybridized carbons (Fsp3) is 0.0833. The van der Waals surface area contributed by atoms with Gasteiger partial charge in [-0.05, 0) is 48.0 Å². The van der Waals surface area contributed by atoms with Crippen LogP contribution in [-0.2, 0) is 4.79 Å². The van der Waals surface area contributed by atoms with E-state index in [0.29, 0.717) is 10.7 Å². The minimum Gasteiger partial charge on any atom is -0.351 e. The Hall–Kier alpha value is -3.44. The highest BCUT2D eigenvalue weighted by molar-refractivity contribution is 7.80. The zero-order valence-corrected chi connectivity index (χ0v) is 16.8. The lowest BCUT2D eigenvalue weighted by Crippen LogP contribution is -2.45. The van der Waals surface area contributed by atoms with Gasteiger partial charge in [0.2, 0.25) is 0 Å². The Kier molecular flexibility index (Phi) is 5.40. The number of thiocarbonyl (C=S) groups is 1. The van der Waals surface area contributed by atoms with Crippen molar-refractivity contribution >= 4 is 28.9 Å². The van der Waals surface area contributed by atoms with Crippen LogP contribution in [0.15, 0.2) is 96.2 Å². The van der Waals surface area contributed by atoms with E-state index in [0.717, 1.165) is 28.1 Å². The van der Waals surface area contributed by atoms with E-state index < -0.39 is 0 Å². The van der Waals surface area contributed by atoms with E-state index in [1.54, 1.807) is 0 Å². The predicted octanol–water partition coefficient (Wildman–Crippen LogP) is 4.79.